The van der Waals surface area contributed by atoms with Crippen LogP contribution in [-0.2, 0) is 9.59 Å². The fraction of sp³-hybridized carbons (Fsp3) is 0.857. The van der Waals surface area contributed by atoms with Crippen LogP contribution in [0.15, 0.2) is 0 Å². The molecule has 1 aliphatic heterocycles. The lowest BCUT2D eigenvalue weighted by atomic mass is 10.1. The number of nitrogens with one attached hydrogen (secondary N) is 1. The highest BCUT2D eigenvalue weighted by Gasteiger charge is 2.30. The Bertz CT molecular complexity index is 316. The molecule has 0 saturated carbocycles. The van der Waals surface area contributed by atoms with Gasteiger partial charge in [-0.05, 0) is 38.6 Å². The predicted molar refractivity (Wildman–Crippen MR) is 73.9 cm³/mol. The third-order valence-electron chi connectivity index (χ3n) is 4.04. The Balaban J connectivity index is 2.43. The van der Waals surface area contributed by atoms with Gasteiger partial charge in [0.05, 0.1) is 6.04 Å². The average molecular weight is 270 g/mol. The second-order valence-electron chi connectivity index (χ2n) is 5.45. The van der Waals surface area contributed by atoms with Crippen molar-refractivity contribution in [1.82, 2.24) is 10.2 Å². The second kappa shape index (κ2) is 7.48. The van der Waals surface area contributed by atoms with Crippen molar-refractivity contribution in [3.63, 3.8) is 0 Å². The number of carbonyl (C=O) groups is 2. The van der Waals surface area contributed by atoms with Crippen LogP contribution in [0.4, 0.5) is 0 Å². The lowest BCUT2D eigenvalue weighted by Gasteiger charge is -2.25. The van der Waals surface area contributed by atoms with Gasteiger partial charge in [-0.2, -0.15) is 0 Å². The third-order valence-corrected chi connectivity index (χ3v) is 4.04. The van der Waals surface area contributed by atoms with E-state index in [1.807, 2.05) is 6.92 Å². The monoisotopic (exact) mass is 270 g/mol. The van der Waals surface area contributed by atoms with E-state index in [0.29, 0.717) is 6.54 Å². The van der Waals surface area contributed by atoms with Gasteiger partial charge >= 0.3 is 5.97 Å². The van der Waals surface area contributed by atoms with Crippen LogP contribution in [0, 0.1) is 5.92 Å². The average Bonchev–Trinajstić information content (AvgIpc) is 2.82. The van der Waals surface area contributed by atoms with Gasteiger partial charge in [-0.3, -0.25) is 14.5 Å². The minimum Gasteiger partial charge on any atom is -0.481 e. The molecule has 2 unspecified atom stereocenters. The zero-order valence-corrected chi connectivity index (χ0v) is 12.2. The Morgan fingerprint density at radius 3 is 2.53 bits per heavy atom. The SMILES string of the molecule is CCC(CC)NC(=O)C(C)N1CCC(CC(=O)O)C1. The van der Waals surface area contributed by atoms with E-state index >= 15 is 0 Å². The molecule has 1 rings (SSSR count). The molecule has 1 amide bonds. The van der Waals surface area contributed by atoms with E-state index in [0.717, 1.165) is 25.8 Å². The normalized spacial score (nSPS) is 21.6. The molecule has 5 heteroatoms. The maximum Gasteiger partial charge on any atom is 0.303 e. The summed E-state index contributed by atoms with van der Waals surface area (Å²) in [6, 6.07) is 0.0757. The predicted octanol–water partition coefficient (Wildman–Crippen LogP) is 1.48. The van der Waals surface area contributed by atoms with Crippen molar-refractivity contribution in [1.29, 1.82) is 0 Å². The molecular weight excluding hydrogens is 244 g/mol. The van der Waals surface area contributed by atoms with E-state index < -0.39 is 5.97 Å². The van der Waals surface area contributed by atoms with E-state index in [-0.39, 0.29) is 30.3 Å². The first-order chi connectivity index (χ1) is 8.97. The van der Waals surface area contributed by atoms with Gasteiger partial charge in [-0.1, -0.05) is 13.8 Å². The van der Waals surface area contributed by atoms with Gasteiger partial charge in [-0.15, -0.1) is 0 Å². The summed E-state index contributed by atoms with van der Waals surface area (Å²) >= 11 is 0. The molecule has 0 aliphatic carbocycles. The number of carbonyl (C=O) groups excluding carboxylic acids is 1. The number of nitrogens with zero attached hydrogens (tertiary/aromatic N) is 1. The topological polar surface area (TPSA) is 69.6 Å². The van der Waals surface area contributed by atoms with E-state index in [1.54, 1.807) is 0 Å². The summed E-state index contributed by atoms with van der Waals surface area (Å²) < 4.78 is 0. The Kier molecular flexibility index (Phi) is 6.28. The van der Waals surface area contributed by atoms with Crippen molar-refractivity contribution in [3.05, 3.63) is 0 Å². The second-order valence-corrected chi connectivity index (χ2v) is 5.45. The first kappa shape index (κ1) is 16.0. The molecule has 1 fully saturated rings. The lowest BCUT2D eigenvalue weighted by Crippen LogP contribution is -2.47. The first-order valence-electron chi connectivity index (χ1n) is 7.24. The summed E-state index contributed by atoms with van der Waals surface area (Å²) in [4.78, 5) is 24.9. The number of aliphatic carboxylic acids is 1. The van der Waals surface area contributed by atoms with Crippen LogP contribution < -0.4 is 5.32 Å². The summed E-state index contributed by atoms with van der Waals surface area (Å²) in [7, 11) is 0. The van der Waals surface area contributed by atoms with Crippen LogP contribution in [0.1, 0.15) is 46.5 Å². The third kappa shape index (κ3) is 4.82. The molecule has 0 aromatic carbocycles. The molecule has 1 aliphatic rings. The minimum absolute atomic E-state index is 0.0599. The van der Waals surface area contributed by atoms with Crippen LogP contribution >= 0.6 is 0 Å². The molecule has 0 radical (unpaired) electrons. The maximum atomic E-state index is 12.1. The van der Waals surface area contributed by atoms with Crippen LogP contribution in [0.5, 0.6) is 0 Å². The summed E-state index contributed by atoms with van der Waals surface area (Å²) in [5.74, 6) is -0.508. The van der Waals surface area contributed by atoms with Crippen molar-refractivity contribution in [2.75, 3.05) is 13.1 Å². The van der Waals surface area contributed by atoms with E-state index in [9.17, 15) is 9.59 Å². The van der Waals surface area contributed by atoms with Gasteiger partial charge in [0.2, 0.25) is 5.91 Å². The van der Waals surface area contributed by atoms with Gasteiger partial charge in [-0.25, -0.2) is 0 Å². The fourth-order valence-electron chi connectivity index (χ4n) is 2.61. The Labute approximate surface area is 115 Å². The molecule has 2 atom stereocenters. The summed E-state index contributed by atoms with van der Waals surface area (Å²) in [6.45, 7) is 7.57. The van der Waals surface area contributed by atoms with E-state index in [2.05, 4.69) is 24.1 Å². The number of amides is 1. The molecule has 110 valence electrons. The minimum atomic E-state index is -0.749. The maximum absolute atomic E-state index is 12.1. The molecule has 1 saturated heterocycles. The molecule has 0 bridgehead atoms. The molecule has 0 aromatic heterocycles. The van der Waals surface area contributed by atoms with Gasteiger partial charge in [0.15, 0.2) is 0 Å². The molecule has 1 heterocycles. The zero-order chi connectivity index (χ0) is 14.4. The zero-order valence-electron chi connectivity index (χ0n) is 12.2. The number of hydrogen-bond donors (Lipinski definition) is 2. The van der Waals surface area contributed by atoms with Crippen LogP contribution in [0.25, 0.3) is 0 Å². The van der Waals surface area contributed by atoms with E-state index in [4.69, 9.17) is 5.11 Å². The highest BCUT2D eigenvalue weighted by Crippen LogP contribution is 2.21. The molecular formula is C14H26N2O3. The van der Waals surface area contributed by atoms with Crippen molar-refractivity contribution in [2.24, 2.45) is 5.92 Å². The van der Waals surface area contributed by atoms with Crippen molar-refractivity contribution < 1.29 is 14.7 Å². The van der Waals surface area contributed by atoms with Crippen LogP contribution in [-0.4, -0.2) is 47.1 Å². The smallest absolute Gasteiger partial charge is 0.303 e. The van der Waals surface area contributed by atoms with Gasteiger partial charge < -0.3 is 10.4 Å². The highest BCUT2D eigenvalue weighted by atomic mass is 16.4. The Hall–Kier alpha value is -1.10. The molecule has 5 nitrogen and oxygen atoms in total. The standard InChI is InChI=1S/C14H26N2O3/c1-4-12(5-2)15-14(19)10(3)16-7-6-11(9-16)8-13(17)18/h10-12H,4-9H2,1-3H3,(H,15,19)(H,17,18). The Morgan fingerprint density at radius 2 is 2.00 bits per heavy atom. The van der Waals surface area contributed by atoms with Crippen molar-refractivity contribution in [3.8, 4) is 0 Å². The molecule has 2 N–H and O–H groups in total. The summed E-state index contributed by atoms with van der Waals surface area (Å²) in [5, 5.41) is 11.8. The number of carboxylic acid groups (broad SMARTS) is 1. The molecule has 0 aromatic rings. The van der Waals surface area contributed by atoms with Gasteiger partial charge in [0, 0.05) is 19.0 Å². The highest BCUT2D eigenvalue weighted by molar-refractivity contribution is 5.81. The summed E-state index contributed by atoms with van der Waals surface area (Å²) in [5.41, 5.74) is 0. The molecule has 19 heavy (non-hydrogen) atoms. The summed E-state index contributed by atoms with van der Waals surface area (Å²) in [6.07, 6.45) is 2.96. The Morgan fingerprint density at radius 1 is 1.37 bits per heavy atom. The van der Waals surface area contributed by atoms with Crippen molar-refractivity contribution in [2.45, 2.75) is 58.5 Å². The van der Waals surface area contributed by atoms with Crippen molar-refractivity contribution >= 4 is 11.9 Å². The number of rotatable bonds is 7. The first-order valence-corrected chi connectivity index (χ1v) is 7.24. The lowest BCUT2D eigenvalue weighted by molar-refractivity contribution is -0.138. The van der Waals surface area contributed by atoms with E-state index in [1.165, 1.54) is 0 Å². The largest absolute Gasteiger partial charge is 0.481 e. The quantitative estimate of drug-likeness (QED) is 0.735. The number of carboxylic acids is 1. The number of likely N-dealkylation sites (tertiary alicyclic amines) is 1. The van der Waals surface area contributed by atoms with Gasteiger partial charge in [0.1, 0.15) is 0 Å². The van der Waals surface area contributed by atoms with Crippen LogP contribution in [0.2, 0.25) is 0 Å². The van der Waals surface area contributed by atoms with Crippen LogP contribution in [0.3, 0.4) is 0 Å². The molecule has 0 spiro atoms. The number of hydrogen-bond acceptors (Lipinski definition) is 3. The van der Waals surface area contributed by atoms with Gasteiger partial charge in [0.25, 0.3) is 0 Å². The fourth-order valence-corrected chi connectivity index (χ4v) is 2.61.